The van der Waals surface area contributed by atoms with E-state index >= 15 is 0 Å². The molecule has 0 heterocycles. The lowest BCUT2D eigenvalue weighted by molar-refractivity contribution is -0.906. The molecule has 0 bridgehead atoms. The van der Waals surface area contributed by atoms with Crippen LogP contribution >= 0.6 is 0 Å². The number of rotatable bonds is 10. The Labute approximate surface area is 110 Å². The number of unbranched alkanes of at least 4 members (excludes halogenated alkanes) is 5. The molecule has 0 rings (SSSR count). The van der Waals surface area contributed by atoms with E-state index in [1.54, 1.807) is 0 Å². The Hall–Kier alpha value is -1.10. The maximum Gasteiger partial charge on any atom is 0.264 e. The summed E-state index contributed by atoms with van der Waals surface area (Å²) in [6.07, 6.45) is 6.36. The van der Waals surface area contributed by atoms with E-state index < -0.39 is 5.97 Å². The van der Waals surface area contributed by atoms with Gasteiger partial charge in [-0.3, -0.25) is 4.79 Å². The van der Waals surface area contributed by atoms with Crippen LogP contribution in [0.2, 0.25) is 0 Å². The Morgan fingerprint density at radius 2 is 1.33 bits per heavy atom. The van der Waals surface area contributed by atoms with E-state index in [1.807, 2.05) is 21.1 Å². The van der Waals surface area contributed by atoms with Gasteiger partial charge in [-0.1, -0.05) is 25.7 Å². The van der Waals surface area contributed by atoms with Crippen LogP contribution in [0.3, 0.4) is 0 Å². The molecule has 106 valence electrons. The van der Waals surface area contributed by atoms with Gasteiger partial charge in [-0.2, -0.15) is 0 Å². The molecule has 18 heavy (non-hydrogen) atoms. The second-order valence-corrected chi connectivity index (χ2v) is 5.54. The second-order valence-electron chi connectivity index (χ2n) is 5.54. The number of nitrogens with one attached hydrogen (secondary N) is 1. The van der Waals surface area contributed by atoms with Crippen molar-refractivity contribution in [1.82, 2.24) is 5.43 Å². The molecular formula is C13H26N2O3. The third-order valence-electron chi connectivity index (χ3n) is 2.49. The van der Waals surface area contributed by atoms with Crippen LogP contribution in [0.25, 0.3) is 0 Å². The second kappa shape index (κ2) is 8.91. The standard InChI is InChI=1S/C13H26N2O3/c1-15(2,3)14-12(16)10-8-6-4-5-7-9-11-13(17)18/h4-11H2,1-3H3,(H-,14,16,17,18). The first-order valence-corrected chi connectivity index (χ1v) is 6.63. The summed E-state index contributed by atoms with van der Waals surface area (Å²) in [7, 11) is 5.74. The van der Waals surface area contributed by atoms with Crippen LogP contribution in [-0.2, 0) is 9.59 Å². The summed E-state index contributed by atoms with van der Waals surface area (Å²) in [5.41, 5.74) is 2.87. The van der Waals surface area contributed by atoms with Gasteiger partial charge in [0, 0.05) is 12.4 Å². The first-order valence-electron chi connectivity index (χ1n) is 6.63. The van der Waals surface area contributed by atoms with Crippen LogP contribution in [0.5, 0.6) is 0 Å². The highest BCUT2D eigenvalue weighted by Crippen LogP contribution is 2.08. The quantitative estimate of drug-likeness (QED) is 0.354. The number of carbonyl (C=O) groups is 2. The molecule has 1 amide bonds. The normalized spacial score (nSPS) is 11.3. The van der Waals surface area contributed by atoms with Crippen LogP contribution in [0.15, 0.2) is 0 Å². The number of quaternary nitrogens is 1. The van der Waals surface area contributed by atoms with Gasteiger partial charge in [0.1, 0.15) is 0 Å². The van der Waals surface area contributed by atoms with Crippen molar-refractivity contribution in [3.63, 3.8) is 0 Å². The average molecular weight is 258 g/mol. The fraction of sp³-hybridized carbons (Fsp3) is 0.846. The molecule has 0 aromatic rings. The summed E-state index contributed by atoms with van der Waals surface area (Å²) in [5, 5.41) is 10.2. The van der Waals surface area contributed by atoms with Crippen LogP contribution in [-0.4, -0.2) is 37.6 Å². The van der Waals surface area contributed by atoms with E-state index in [0.29, 0.717) is 17.4 Å². The van der Waals surface area contributed by atoms with Crippen molar-refractivity contribution in [3.05, 3.63) is 0 Å². The van der Waals surface area contributed by atoms with Crippen LogP contribution in [0, 0.1) is 0 Å². The van der Waals surface area contributed by atoms with Gasteiger partial charge in [0.05, 0.1) is 21.1 Å². The SMILES string of the molecule is C[N+](C)(C)NC(=O)CCCCCCCCC(=O)[O-]. The third-order valence-corrected chi connectivity index (χ3v) is 2.49. The van der Waals surface area contributed by atoms with E-state index in [1.165, 1.54) is 0 Å². The fourth-order valence-electron chi connectivity index (χ4n) is 1.69. The zero-order valence-corrected chi connectivity index (χ0v) is 11.8. The maximum absolute atomic E-state index is 11.5. The van der Waals surface area contributed by atoms with Crippen molar-refractivity contribution in [2.75, 3.05) is 21.1 Å². The smallest absolute Gasteiger partial charge is 0.264 e. The molecule has 0 fully saturated rings. The van der Waals surface area contributed by atoms with Gasteiger partial charge >= 0.3 is 0 Å². The molecule has 0 aromatic carbocycles. The molecule has 0 radical (unpaired) electrons. The Bertz CT molecular complexity index is 259. The highest BCUT2D eigenvalue weighted by molar-refractivity contribution is 5.74. The van der Waals surface area contributed by atoms with Gasteiger partial charge in [-0.05, 0) is 19.3 Å². The zero-order valence-electron chi connectivity index (χ0n) is 11.8. The summed E-state index contributed by atoms with van der Waals surface area (Å²) in [4.78, 5) is 21.6. The van der Waals surface area contributed by atoms with Crippen LogP contribution < -0.4 is 10.5 Å². The Morgan fingerprint density at radius 1 is 0.889 bits per heavy atom. The predicted molar refractivity (Wildman–Crippen MR) is 68.1 cm³/mol. The Morgan fingerprint density at radius 3 is 1.78 bits per heavy atom. The molecule has 0 aliphatic rings. The van der Waals surface area contributed by atoms with E-state index in [-0.39, 0.29) is 12.3 Å². The van der Waals surface area contributed by atoms with Crippen molar-refractivity contribution in [2.45, 2.75) is 51.4 Å². The number of carbonyl (C=O) groups excluding carboxylic acids is 2. The lowest BCUT2D eigenvalue weighted by Crippen LogP contribution is -2.51. The van der Waals surface area contributed by atoms with Crippen LogP contribution in [0.1, 0.15) is 51.4 Å². The summed E-state index contributed by atoms with van der Waals surface area (Å²) >= 11 is 0. The molecule has 5 heteroatoms. The van der Waals surface area contributed by atoms with E-state index in [2.05, 4.69) is 5.43 Å². The van der Waals surface area contributed by atoms with E-state index in [9.17, 15) is 14.7 Å². The van der Waals surface area contributed by atoms with Gasteiger partial charge in [-0.15, -0.1) is 0 Å². The van der Waals surface area contributed by atoms with Gasteiger partial charge in [0.2, 0.25) is 0 Å². The lowest BCUT2D eigenvalue weighted by Gasteiger charge is -2.23. The molecular weight excluding hydrogens is 232 g/mol. The molecule has 0 saturated heterocycles. The molecule has 5 nitrogen and oxygen atoms in total. The molecule has 0 atom stereocenters. The molecule has 0 aromatic heterocycles. The number of hydrogen-bond acceptors (Lipinski definition) is 3. The summed E-state index contributed by atoms with van der Waals surface area (Å²) < 4.78 is 0.446. The van der Waals surface area contributed by atoms with Gasteiger partial charge in [0.15, 0.2) is 0 Å². The number of amides is 1. The highest BCUT2D eigenvalue weighted by atomic mass is 16.4. The minimum atomic E-state index is -0.966. The van der Waals surface area contributed by atoms with Crippen molar-refractivity contribution >= 4 is 11.9 Å². The first kappa shape index (κ1) is 16.9. The van der Waals surface area contributed by atoms with Crippen molar-refractivity contribution in [3.8, 4) is 0 Å². The van der Waals surface area contributed by atoms with E-state index in [0.717, 1.165) is 32.1 Å². The number of nitrogens with zero attached hydrogens (tertiary/aromatic N) is 1. The summed E-state index contributed by atoms with van der Waals surface area (Å²) in [6, 6.07) is 0. The lowest BCUT2D eigenvalue weighted by atomic mass is 10.1. The molecule has 0 unspecified atom stereocenters. The number of hydrogen-bond donors (Lipinski definition) is 1. The number of aliphatic carboxylic acids is 1. The average Bonchev–Trinajstić information content (AvgIpc) is 2.18. The largest absolute Gasteiger partial charge is 0.550 e. The minimum absolute atomic E-state index is 0.0828. The molecule has 0 saturated carbocycles. The molecule has 0 aliphatic heterocycles. The third kappa shape index (κ3) is 13.0. The number of carboxylic acid groups (broad SMARTS) is 1. The number of carboxylic acids is 1. The van der Waals surface area contributed by atoms with Crippen molar-refractivity contribution in [1.29, 1.82) is 0 Å². The van der Waals surface area contributed by atoms with Crippen molar-refractivity contribution in [2.24, 2.45) is 0 Å². The maximum atomic E-state index is 11.5. The Kier molecular flexibility index (Phi) is 8.37. The van der Waals surface area contributed by atoms with Crippen molar-refractivity contribution < 1.29 is 19.3 Å². The molecule has 1 N–H and O–H groups in total. The van der Waals surface area contributed by atoms with Gasteiger partial charge in [0.25, 0.3) is 5.91 Å². The monoisotopic (exact) mass is 258 g/mol. The fourth-order valence-corrected chi connectivity index (χ4v) is 1.69. The van der Waals surface area contributed by atoms with E-state index in [4.69, 9.17) is 0 Å². The zero-order chi connectivity index (χ0) is 14.0. The molecule has 0 spiro atoms. The first-order chi connectivity index (χ1) is 8.31. The predicted octanol–water partition coefficient (Wildman–Crippen LogP) is 0.595. The minimum Gasteiger partial charge on any atom is -0.550 e. The van der Waals surface area contributed by atoms with Gasteiger partial charge < -0.3 is 9.90 Å². The Balaban J connectivity index is 3.30. The van der Waals surface area contributed by atoms with Crippen LogP contribution in [0.4, 0.5) is 0 Å². The molecule has 0 aliphatic carbocycles. The summed E-state index contributed by atoms with van der Waals surface area (Å²) in [5.74, 6) is -0.883. The summed E-state index contributed by atoms with van der Waals surface area (Å²) in [6.45, 7) is 0. The van der Waals surface area contributed by atoms with Gasteiger partial charge in [-0.25, -0.2) is 10.0 Å². The highest BCUT2D eigenvalue weighted by Gasteiger charge is 2.11. The topological polar surface area (TPSA) is 69.2 Å².